The van der Waals surface area contributed by atoms with Crippen LogP contribution in [0.1, 0.15) is 26.3 Å². The summed E-state index contributed by atoms with van der Waals surface area (Å²) in [6, 6.07) is 13.7. The highest BCUT2D eigenvalue weighted by Gasteiger charge is 2.14. The zero-order valence-corrected chi connectivity index (χ0v) is 16.2. The number of hydrogen-bond acceptors (Lipinski definition) is 5. The third-order valence-corrected chi connectivity index (χ3v) is 5.00. The molecule has 0 bridgehead atoms. The van der Waals surface area contributed by atoms with Gasteiger partial charge in [0, 0.05) is 23.0 Å². The molecule has 9 heteroatoms. The van der Waals surface area contributed by atoms with Crippen LogP contribution in [0.15, 0.2) is 71.9 Å². The first-order valence-corrected chi connectivity index (χ1v) is 10.0. The van der Waals surface area contributed by atoms with E-state index in [0.717, 1.165) is 5.56 Å². The Balaban J connectivity index is 1.81. The molecular weight excluding hydrogens is 392 g/mol. The molecule has 0 atom stereocenters. The van der Waals surface area contributed by atoms with Crippen molar-refractivity contribution in [2.24, 2.45) is 5.14 Å². The van der Waals surface area contributed by atoms with Crippen LogP contribution in [0, 0.1) is 6.92 Å². The number of primary sulfonamides is 1. The van der Waals surface area contributed by atoms with Crippen LogP contribution in [0.4, 0.5) is 11.4 Å². The highest BCUT2D eigenvalue weighted by atomic mass is 32.2. The lowest BCUT2D eigenvalue weighted by Crippen LogP contribution is -2.17. The van der Waals surface area contributed by atoms with E-state index in [2.05, 4.69) is 15.6 Å². The monoisotopic (exact) mass is 410 g/mol. The Bertz CT molecular complexity index is 1180. The molecule has 1 heterocycles. The van der Waals surface area contributed by atoms with Gasteiger partial charge in [-0.25, -0.2) is 13.6 Å². The maximum absolute atomic E-state index is 12.6. The van der Waals surface area contributed by atoms with E-state index in [1.807, 2.05) is 0 Å². The molecule has 0 saturated carbocycles. The number of nitrogens with zero attached hydrogens (tertiary/aromatic N) is 1. The predicted molar refractivity (Wildman–Crippen MR) is 109 cm³/mol. The number of rotatable bonds is 5. The number of carbonyl (C=O) groups is 2. The number of anilines is 2. The molecule has 0 saturated heterocycles. The van der Waals surface area contributed by atoms with E-state index >= 15 is 0 Å². The fourth-order valence-electron chi connectivity index (χ4n) is 2.60. The van der Waals surface area contributed by atoms with Gasteiger partial charge in [-0.2, -0.15) is 0 Å². The van der Waals surface area contributed by atoms with Crippen LogP contribution >= 0.6 is 0 Å². The van der Waals surface area contributed by atoms with Crippen LogP contribution in [0.5, 0.6) is 0 Å². The predicted octanol–water partition coefficient (Wildman–Crippen LogP) is 2.54. The molecule has 0 spiro atoms. The molecule has 0 aliphatic rings. The summed E-state index contributed by atoms with van der Waals surface area (Å²) in [5.41, 5.74) is 2.16. The van der Waals surface area contributed by atoms with E-state index < -0.39 is 15.9 Å². The molecule has 4 N–H and O–H groups in total. The second-order valence-electron chi connectivity index (χ2n) is 6.25. The van der Waals surface area contributed by atoms with Crippen molar-refractivity contribution < 1.29 is 18.0 Å². The summed E-state index contributed by atoms with van der Waals surface area (Å²) in [4.78, 5) is 28.8. The van der Waals surface area contributed by atoms with Gasteiger partial charge in [0.25, 0.3) is 11.8 Å². The minimum absolute atomic E-state index is 0.124. The lowest BCUT2D eigenvalue weighted by atomic mass is 10.1. The van der Waals surface area contributed by atoms with Crippen molar-refractivity contribution in [3.8, 4) is 0 Å². The number of nitrogens with one attached hydrogen (secondary N) is 2. The molecule has 148 valence electrons. The zero-order chi connectivity index (χ0) is 21.0. The third kappa shape index (κ3) is 5.03. The van der Waals surface area contributed by atoms with Crippen molar-refractivity contribution in [2.75, 3.05) is 10.6 Å². The van der Waals surface area contributed by atoms with Crippen LogP contribution < -0.4 is 15.8 Å². The minimum atomic E-state index is -3.92. The van der Waals surface area contributed by atoms with Crippen molar-refractivity contribution in [1.29, 1.82) is 0 Å². The van der Waals surface area contributed by atoms with E-state index in [9.17, 15) is 18.0 Å². The van der Waals surface area contributed by atoms with Crippen molar-refractivity contribution >= 4 is 33.2 Å². The number of amides is 2. The number of pyridine rings is 1. The number of aromatic nitrogens is 1. The summed E-state index contributed by atoms with van der Waals surface area (Å²) >= 11 is 0. The number of hydrogen-bond donors (Lipinski definition) is 3. The Morgan fingerprint density at radius 3 is 2.38 bits per heavy atom. The molecule has 29 heavy (non-hydrogen) atoms. The van der Waals surface area contributed by atoms with E-state index in [4.69, 9.17) is 5.14 Å². The lowest BCUT2D eigenvalue weighted by Gasteiger charge is -2.11. The maximum Gasteiger partial charge on any atom is 0.256 e. The zero-order valence-electron chi connectivity index (χ0n) is 15.4. The van der Waals surface area contributed by atoms with E-state index in [-0.39, 0.29) is 16.4 Å². The van der Waals surface area contributed by atoms with Crippen molar-refractivity contribution in [2.45, 2.75) is 11.8 Å². The quantitative estimate of drug-likeness (QED) is 0.595. The van der Waals surface area contributed by atoms with E-state index in [1.54, 1.807) is 43.5 Å². The Labute approximate surface area is 167 Å². The highest BCUT2D eigenvalue weighted by molar-refractivity contribution is 7.89. The fraction of sp³-hybridized carbons (Fsp3) is 0.0500. The van der Waals surface area contributed by atoms with Crippen LogP contribution in [0.3, 0.4) is 0 Å². The first-order chi connectivity index (χ1) is 13.7. The molecule has 0 aliphatic carbocycles. The third-order valence-electron chi connectivity index (χ3n) is 4.08. The van der Waals surface area contributed by atoms with Gasteiger partial charge in [0.15, 0.2) is 0 Å². The van der Waals surface area contributed by atoms with Crippen molar-refractivity contribution in [3.05, 3.63) is 83.7 Å². The Morgan fingerprint density at radius 2 is 1.69 bits per heavy atom. The van der Waals surface area contributed by atoms with Gasteiger partial charge in [0.05, 0.1) is 16.8 Å². The smallest absolute Gasteiger partial charge is 0.256 e. The normalized spacial score (nSPS) is 11.0. The average Bonchev–Trinajstić information content (AvgIpc) is 2.69. The molecule has 0 radical (unpaired) electrons. The molecule has 0 unspecified atom stereocenters. The van der Waals surface area contributed by atoms with Gasteiger partial charge in [-0.3, -0.25) is 14.6 Å². The number of aryl methyl sites for hydroxylation is 1. The first kappa shape index (κ1) is 20.2. The molecule has 2 aromatic carbocycles. The SMILES string of the molecule is Cc1ccc(NC(=O)c2cccc(S(N)(=O)=O)c2)cc1C(=O)Nc1cccnc1. The summed E-state index contributed by atoms with van der Waals surface area (Å²) < 4.78 is 22.9. The van der Waals surface area contributed by atoms with Crippen molar-refractivity contribution in [3.63, 3.8) is 0 Å². The van der Waals surface area contributed by atoms with Gasteiger partial charge in [-0.05, 0) is 55.0 Å². The summed E-state index contributed by atoms with van der Waals surface area (Å²) in [7, 11) is -3.92. The summed E-state index contributed by atoms with van der Waals surface area (Å²) in [5.74, 6) is -0.874. The Hall–Kier alpha value is -3.56. The van der Waals surface area contributed by atoms with E-state index in [1.165, 1.54) is 30.5 Å². The minimum Gasteiger partial charge on any atom is -0.322 e. The molecule has 3 aromatic rings. The molecular formula is C20H18N4O4S. The molecule has 0 aliphatic heterocycles. The standard InChI is InChI=1S/C20H18N4O4S/c1-13-7-8-15(11-18(13)20(26)24-16-5-3-9-22-12-16)23-19(25)14-4-2-6-17(10-14)29(21,27)28/h2-12H,1H3,(H,23,25)(H,24,26)(H2,21,27,28). The largest absolute Gasteiger partial charge is 0.322 e. The fourth-order valence-corrected chi connectivity index (χ4v) is 3.16. The molecule has 2 amide bonds. The average molecular weight is 410 g/mol. The summed E-state index contributed by atoms with van der Waals surface area (Å²) in [6.07, 6.45) is 3.12. The number of nitrogens with two attached hydrogens (primary N) is 1. The summed E-state index contributed by atoms with van der Waals surface area (Å²) in [6.45, 7) is 1.78. The number of sulfonamides is 1. The maximum atomic E-state index is 12.6. The molecule has 3 rings (SSSR count). The van der Waals surface area contributed by atoms with E-state index in [0.29, 0.717) is 16.9 Å². The number of benzene rings is 2. The molecule has 0 fully saturated rings. The Kier molecular flexibility index (Phi) is 5.71. The second kappa shape index (κ2) is 8.21. The summed E-state index contributed by atoms with van der Waals surface area (Å²) in [5, 5.41) is 10.5. The van der Waals surface area contributed by atoms with Crippen LogP contribution in [-0.4, -0.2) is 25.2 Å². The second-order valence-corrected chi connectivity index (χ2v) is 7.81. The van der Waals surface area contributed by atoms with Crippen molar-refractivity contribution in [1.82, 2.24) is 4.98 Å². The van der Waals surface area contributed by atoms with Gasteiger partial charge < -0.3 is 10.6 Å². The van der Waals surface area contributed by atoms with Gasteiger partial charge in [0.1, 0.15) is 0 Å². The topological polar surface area (TPSA) is 131 Å². The van der Waals surface area contributed by atoms with Gasteiger partial charge in [-0.1, -0.05) is 12.1 Å². The lowest BCUT2D eigenvalue weighted by molar-refractivity contribution is 0.101. The van der Waals surface area contributed by atoms with Crippen LogP contribution in [0.25, 0.3) is 0 Å². The molecule has 8 nitrogen and oxygen atoms in total. The highest BCUT2D eigenvalue weighted by Crippen LogP contribution is 2.19. The van der Waals surface area contributed by atoms with Gasteiger partial charge in [0.2, 0.25) is 10.0 Å². The molecule has 1 aromatic heterocycles. The Morgan fingerprint density at radius 1 is 0.931 bits per heavy atom. The van der Waals surface area contributed by atoms with Crippen LogP contribution in [0.2, 0.25) is 0 Å². The van der Waals surface area contributed by atoms with Gasteiger partial charge in [-0.15, -0.1) is 0 Å². The van der Waals surface area contributed by atoms with Crippen LogP contribution in [-0.2, 0) is 10.0 Å². The first-order valence-electron chi connectivity index (χ1n) is 8.50. The van der Waals surface area contributed by atoms with Gasteiger partial charge >= 0.3 is 0 Å². The number of carbonyl (C=O) groups excluding carboxylic acids is 2.